The Morgan fingerprint density at radius 3 is 2.77 bits per heavy atom. The molecule has 116 valence electrons. The molecule has 1 fully saturated rings. The highest BCUT2D eigenvalue weighted by Gasteiger charge is 2.36. The van der Waals surface area contributed by atoms with Crippen molar-refractivity contribution in [3.8, 4) is 0 Å². The molecule has 3 heterocycles. The molecule has 1 saturated heterocycles. The third kappa shape index (κ3) is 2.41. The van der Waals surface area contributed by atoms with Gasteiger partial charge in [0.25, 0.3) is 6.01 Å². The van der Waals surface area contributed by atoms with E-state index in [1.807, 2.05) is 6.07 Å². The summed E-state index contributed by atoms with van der Waals surface area (Å²) in [6, 6.07) is 6.88. The van der Waals surface area contributed by atoms with E-state index in [0.717, 1.165) is 56.1 Å². The molecule has 4 rings (SSSR count). The second-order valence-electron chi connectivity index (χ2n) is 6.61. The van der Waals surface area contributed by atoms with E-state index in [-0.39, 0.29) is 5.60 Å². The maximum absolute atomic E-state index is 6.08. The first-order chi connectivity index (χ1) is 10.6. The van der Waals surface area contributed by atoms with E-state index in [2.05, 4.69) is 41.9 Å². The second-order valence-corrected chi connectivity index (χ2v) is 6.61. The molecular formula is C18H22N2O2. The summed E-state index contributed by atoms with van der Waals surface area (Å²) in [5, 5.41) is 0. The van der Waals surface area contributed by atoms with Crippen LogP contribution in [0.4, 0.5) is 6.01 Å². The number of piperidine rings is 1. The lowest BCUT2D eigenvalue weighted by Gasteiger charge is -2.41. The minimum atomic E-state index is -0.0541. The molecule has 4 heteroatoms. The zero-order valence-electron chi connectivity index (χ0n) is 13.3. The van der Waals surface area contributed by atoms with Crippen molar-refractivity contribution in [3.05, 3.63) is 35.4 Å². The molecule has 1 aromatic heterocycles. The average molecular weight is 298 g/mol. The van der Waals surface area contributed by atoms with Crippen molar-refractivity contribution in [3.63, 3.8) is 0 Å². The van der Waals surface area contributed by atoms with Gasteiger partial charge in [-0.05, 0) is 50.8 Å². The summed E-state index contributed by atoms with van der Waals surface area (Å²) in [6.07, 6.45) is 5.41. The number of aryl methyl sites for hydroxylation is 1. The molecule has 0 atom stereocenters. The average Bonchev–Trinajstić information content (AvgIpc) is 2.90. The van der Waals surface area contributed by atoms with Crippen LogP contribution in [-0.2, 0) is 4.74 Å². The smallest absolute Gasteiger partial charge is 0.298 e. The molecule has 0 unspecified atom stereocenters. The van der Waals surface area contributed by atoms with Gasteiger partial charge in [0.15, 0.2) is 5.58 Å². The number of fused-ring (bicyclic) bond motifs is 1. The molecule has 0 N–H and O–H groups in total. The molecule has 0 amide bonds. The largest absolute Gasteiger partial charge is 0.423 e. The fraction of sp³-hybridized carbons (Fsp3) is 0.500. The first-order valence-electron chi connectivity index (χ1n) is 8.08. The van der Waals surface area contributed by atoms with Gasteiger partial charge in [0.1, 0.15) is 5.52 Å². The summed E-state index contributed by atoms with van der Waals surface area (Å²) in [5.41, 5.74) is 4.42. The predicted octanol–water partition coefficient (Wildman–Crippen LogP) is 3.84. The first kappa shape index (κ1) is 13.8. The van der Waals surface area contributed by atoms with Crippen LogP contribution in [0.2, 0.25) is 0 Å². The Kier molecular flexibility index (Phi) is 3.22. The molecule has 4 nitrogen and oxygen atoms in total. The molecule has 0 saturated carbocycles. The van der Waals surface area contributed by atoms with Gasteiger partial charge in [-0.1, -0.05) is 17.7 Å². The van der Waals surface area contributed by atoms with Gasteiger partial charge >= 0.3 is 0 Å². The summed E-state index contributed by atoms with van der Waals surface area (Å²) in [5.74, 6) is 0. The zero-order chi connectivity index (χ0) is 15.2. The fourth-order valence-electron chi connectivity index (χ4n) is 3.50. The number of ether oxygens (including phenoxy) is 1. The molecule has 2 aliphatic rings. The van der Waals surface area contributed by atoms with Gasteiger partial charge in [-0.15, -0.1) is 0 Å². The second kappa shape index (κ2) is 5.13. The third-order valence-electron chi connectivity index (χ3n) is 4.81. The van der Waals surface area contributed by atoms with E-state index < -0.39 is 0 Å². The monoisotopic (exact) mass is 298 g/mol. The molecule has 1 spiro atoms. The van der Waals surface area contributed by atoms with Gasteiger partial charge in [-0.3, -0.25) is 0 Å². The van der Waals surface area contributed by atoms with E-state index in [0.29, 0.717) is 0 Å². The van der Waals surface area contributed by atoms with Gasteiger partial charge < -0.3 is 14.1 Å². The van der Waals surface area contributed by atoms with E-state index in [9.17, 15) is 0 Å². The Labute approximate surface area is 130 Å². The van der Waals surface area contributed by atoms with Crippen LogP contribution in [0.15, 0.2) is 34.3 Å². The van der Waals surface area contributed by atoms with Crippen LogP contribution < -0.4 is 4.90 Å². The van der Waals surface area contributed by atoms with Crippen molar-refractivity contribution in [1.82, 2.24) is 4.98 Å². The lowest BCUT2D eigenvalue weighted by atomic mass is 9.87. The number of aromatic nitrogens is 1. The number of benzene rings is 1. The molecule has 22 heavy (non-hydrogen) atoms. The Morgan fingerprint density at radius 1 is 1.18 bits per heavy atom. The minimum absolute atomic E-state index is 0.0541. The third-order valence-corrected chi connectivity index (χ3v) is 4.81. The summed E-state index contributed by atoms with van der Waals surface area (Å²) < 4.78 is 12.0. The quantitative estimate of drug-likeness (QED) is 0.750. The van der Waals surface area contributed by atoms with Crippen molar-refractivity contribution < 1.29 is 9.15 Å². The van der Waals surface area contributed by atoms with Crippen molar-refractivity contribution in [2.24, 2.45) is 0 Å². The summed E-state index contributed by atoms with van der Waals surface area (Å²) in [4.78, 5) is 6.89. The highest BCUT2D eigenvalue weighted by atomic mass is 16.5. The van der Waals surface area contributed by atoms with Crippen LogP contribution in [0, 0.1) is 6.92 Å². The lowest BCUT2D eigenvalue weighted by molar-refractivity contribution is -0.0329. The zero-order valence-corrected chi connectivity index (χ0v) is 13.3. The molecule has 0 aliphatic carbocycles. The van der Waals surface area contributed by atoms with Crippen molar-refractivity contribution in [2.45, 2.75) is 38.7 Å². The van der Waals surface area contributed by atoms with Gasteiger partial charge in [-0.2, -0.15) is 4.98 Å². The first-order valence-corrected chi connectivity index (χ1v) is 8.08. The molecule has 0 radical (unpaired) electrons. The van der Waals surface area contributed by atoms with E-state index in [1.165, 1.54) is 11.1 Å². The lowest BCUT2D eigenvalue weighted by Crippen LogP contribution is -2.46. The predicted molar refractivity (Wildman–Crippen MR) is 87.3 cm³/mol. The number of hydrogen-bond donors (Lipinski definition) is 0. The van der Waals surface area contributed by atoms with Crippen LogP contribution >= 0.6 is 0 Å². The molecule has 1 aromatic carbocycles. The number of hydrogen-bond acceptors (Lipinski definition) is 4. The highest BCUT2D eigenvalue weighted by Crippen LogP contribution is 2.35. The maximum Gasteiger partial charge on any atom is 0.298 e. The van der Waals surface area contributed by atoms with Crippen LogP contribution in [-0.4, -0.2) is 30.3 Å². The van der Waals surface area contributed by atoms with Crippen LogP contribution in [0.5, 0.6) is 0 Å². The SMILES string of the molecule is CC1=CC2(CCN(c3nc4cc(C)ccc4o3)CC2)OCC1. The van der Waals surface area contributed by atoms with Crippen molar-refractivity contribution in [1.29, 1.82) is 0 Å². The fourth-order valence-corrected chi connectivity index (χ4v) is 3.50. The Balaban J connectivity index is 1.54. The summed E-state index contributed by atoms with van der Waals surface area (Å²) in [7, 11) is 0. The topological polar surface area (TPSA) is 38.5 Å². The summed E-state index contributed by atoms with van der Waals surface area (Å²) in [6.45, 7) is 6.99. The standard InChI is InChI=1S/C18H22N2O2/c1-13-3-4-16-15(11-13)19-17(22-16)20-8-6-18(7-9-20)12-14(2)5-10-21-18/h3-4,11-12H,5-10H2,1-2H3. The Hall–Kier alpha value is -1.81. The van der Waals surface area contributed by atoms with E-state index in [4.69, 9.17) is 9.15 Å². The Bertz CT molecular complexity index is 724. The van der Waals surface area contributed by atoms with Gasteiger partial charge in [0.2, 0.25) is 0 Å². The molecule has 0 bridgehead atoms. The summed E-state index contributed by atoms with van der Waals surface area (Å²) >= 11 is 0. The van der Waals surface area contributed by atoms with Crippen LogP contribution in [0.3, 0.4) is 0 Å². The van der Waals surface area contributed by atoms with Crippen molar-refractivity contribution in [2.75, 3.05) is 24.6 Å². The molecular weight excluding hydrogens is 276 g/mol. The van der Waals surface area contributed by atoms with E-state index in [1.54, 1.807) is 0 Å². The van der Waals surface area contributed by atoms with Crippen LogP contribution in [0.1, 0.15) is 31.7 Å². The van der Waals surface area contributed by atoms with Gasteiger partial charge in [0.05, 0.1) is 12.2 Å². The van der Waals surface area contributed by atoms with E-state index >= 15 is 0 Å². The van der Waals surface area contributed by atoms with Crippen molar-refractivity contribution >= 4 is 17.1 Å². The number of nitrogens with zero attached hydrogens (tertiary/aromatic N) is 2. The number of rotatable bonds is 1. The maximum atomic E-state index is 6.08. The normalized spacial score (nSPS) is 21.4. The van der Waals surface area contributed by atoms with Gasteiger partial charge in [0, 0.05) is 13.1 Å². The highest BCUT2D eigenvalue weighted by molar-refractivity contribution is 5.75. The van der Waals surface area contributed by atoms with Gasteiger partial charge in [-0.25, -0.2) is 0 Å². The Morgan fingerprint density at radius 2 is 2.00 bits per heavy atom. The minimum Gasteiger partial charge on any atom is -0.423 e. The van der Waals surface area contributed by atoms with Crippen LogP contribution in [0.25, 0.3) is 11.1 Å². The number of anilines is 1. The molecule has 2 aliphatic heterocycles. The number of oxazole rings is 1. The molecule has 2 aromatic rings.